The van der Waals surface area contributed by atoms with Crippen LogP contribution in [0.25, 0.3) is 0 Å². The molecular formula is C10H19NO3. The highest BCUT2D eigenvalue weighted by atomic mass is 16.5. The van der Waals surface area contributed by atoms with E-state index in [1.54, 1.807) is 6.92 Å². The molecule has 1 fully saturated rings. The summed E-state index contributed by atoms with van der Waals surface area (Å²) < 4.78 is 5.14. The molecule has 82 valence electrons. The minimum atomic E-state index is -0.883. The lowest BCUT2D eigenvalue weighted by atomic mass is 10.4. The van der Waals surface area contributed by atoms with Gasteiger partial charge in [0.25, 0.3) is 0 Å². The van der Waals surface area contributed by atoms with Crippen LogP contribution in [-0.4, -0.2) is 48.3 Å². The summed E-state index contributed by atoms with van der Waals surface area (Å²) in [6.45, 7) is 5.53. The molecule has 4 nitrogen and oxygen atoms in total. The predicted octanol–water partition coefficient (Wildman–Crippen LogP) is 0.962. The Kier molecular flexibility index (Phi) is 4.90. The van der Waals surface area contributed by atoms with E-state index in [0.717, 1.165) is 13.0 Å². The number of ether oxygens (including phenoxy) is 1. The fraction of sp³-hybridized carbons (Fsp3) is 0.900. The van der Waals surface area contributed by atoms with Crippen molar-refractivity contribution in [2.45, 2.75) is 32.3 Å². The number of nitrogens with zero attached hydrogens (tertiary/aromatic N) is 1. The van der Waals surface area contributed by atoms with Gasteiger partial charge in [-0.15, -0.1) is 0 Å². The third kappa shape index (κ3) is 4.07. The average molecular weight is 201 g/mol. The molecule has 1 rings (SSSR count). The number of carboxylic acids is 1. The van der Waals surface area contributed by atoms with Crippen LogP contribution >= 0.6 is 0 Å². The van der Waals surface area contributed by atoms with Gasteiger partial charge in [0, 0.05) is 13.2 Å². The highest BCUT2D eigenvalue weighted by Crippen LogP contribution is 2.07. The van der Waals surface area contributed by atoms with E-state index < -0.39 is 12.1 Å². The molecule has 14 heavy (non-hydrogen) atoms. The fourth-order valence-corrected chi connectivity index (χ4v) is 1.63. The van der Waals surface area contributed by atoms with E-state index in [1.165, 1.54) is 25.9 Å². The zero-order valence-electron chi connectivity index (χ0n) is 8.74. The van der Waals surface area contributed by atoms with Crippen molar-refractivity contribution in [2.24, 2.45) is 0 Å². The third-order valence-corrected chi connectivity index (χ3v) is 2.53. The second-order valence-corrected chi connectivity index (χ2v) is 3.75. The van der Waals surface area contributed by atoms with Crippen molar-refractivity contribution in [3.05, 3.63) is 0 Å². The monoisotopic (exact) mass is 201 g/mol. The van der Waals surface area contributed by atoms with E-state index in [0.29, 0.717) is 6.61 Å². The Labute approximate surface area is 84.8 Å². The van der Waals surface area contributed by atoms with E-state index in [-0.39, 0.29) is 0 Å². The third-order valence-electron chi connectivity index (χ3n) is 2.53. The molecule has 0 saturated carbocycles. The molecule has 1 saturated heterocycles. The molecule has 0 aromatic rings. The van der Waals surface area contributed by atoms with Gasteiger partial charge >= 0.3 is 5.97 Å². The molecule has 1 heterocycles. The van der Waals surface area contributed by atoms with E-state index in [4.69, 9.17) is 9.84 Å². The maximum Gasteiger partial charge on any atom is 0.332 e. The van der Waals surface area contributed by atoms with Crippen molar-refractivity contribution in [3.63, 3.8) is 0 Å². The zero-order chi connectivity index (χ0) is 10.4. The maximum absolute atomic E-state index is 10.4. The van der Waals surface area contributed by atoms with Crippen molar-refractivity contribution in [1.29, 1.82) is 0 Å². The minimum absolute atomic E-state index is 0.546. The topological polar surface area (TPSA) is 49.8 Å². The summed E-state index contributed by atoms with van der Waals surface area (Å²) in [7, 11) is 0. The Bertz CT molecular complexity index is 178. The maximum atomic E-state index is 10.4. The Morgan fingerprint density at radius 2 is 2.14 bits per heavy atom. The number of hydrogen-bond acceptors (Lipinski definition) is 3. The molecule has 0 aromatic heterocycles. The van der Waals surface area contributed by atoms with Crippen molar-refractivity contribution in [2.75, 3.05) is 26.2 Å². The molecule has 1 aliphatic rings. The van der Waals surface area contributed by atoms with Gasteiger partial charge in [-0.05, 0) is 39.3 Å². The molecule has 1 atom stereocenters. The van der Waals surface area contributed by atoms with E-state index >= 15 is 0 Å². The lowest BCUT2D eigenvalue weighted by Gasteiger charge is -2.14. The molecule has 0 amide bonds. The Hall–Kier alpha value is -0.610. The first-order chi connectivity index (χ1) is 6.70. The normalized spacial score (nSPS) is 19.8. The lowest BCUT2D eigenvalue weighted by molar-refractivity contribution is -0.149. The van der Waals surface area contributed by atoms with Gasteiger partial charge in [-0.25, -0.2) is 4.79 Å². The Balaban J connectivity index is 1.95. The highest BCUT2D eigenvalue weighted by molar-refractivity contribution is 5.71. The molecular weight excluding hydrogens is 182 g/mol. The van der Waals surface area contributed by atoms with Crippen molar-refractivity contribution < 1.29 is 14.6 Å². The second-order valence-electron chi connectivity index (χ2n) is 3.75. The van der Waals surface area contributed by atoms with E-state index in [1.807, 2.05) is 0 Å². The first-order valence-corrected chi connectivity index (χ1v) is 5.27. The van der Waals surface area contributed by atoms with Gasteiger partial charge in [-0.3, -0.25) is 0 Å². The number of carboxylic acid groups (broad SMARTS) is 1. The van der Waals surface area contributed by atoms with Crippen LogP contribution in [0, 0.1) is 0 Å². The number of likely N-dealkylation sites (tertiary alicyclic amines) is 1. The molecule has 0 aliphatic carbocycles. The van der Waals surface area contributed by atoms with Gasteiger partial charge in [0.1, 0.15) is 0 Å². The van der Waals surface area contributed by atoms with Gasteiger partial charge in [0.05, 0.1) is 0 Å². The molecule has 0 aromatic carbocycles. The van der Waals surface area contributed by atoms with Crippen molar-refractivity contribution in [3.8, 4) is 0 Å². The molecule has 0 bridgehead atoms. The largest absolute Gasteiger partial charge is 0.479 e. The van der Waals surface area contributed by atoms with Gasteiger partial charge in [0.2, 0.25) is 0 Å². The molecule has 0 spiro atoms. The summed E-state index contributed by atoms with van der Waals surface area (Å²) in [5, 5.41) is 8.56. The summed E-state index contributed by atoms with van der Waals surface area (Å²) in [5.41, 5.74) is 0. The van der Waals surface area contributed by atoms with Crippen LogP contribution < -0.4 is 0 Å². The molecule has 0 radical (unpaired) electrons. The number of rotatable bonds is 6. The van der Waals surface area contributed by atoms with E-state index in [9.17, 15) is 4.79 Å². The van der Waals surface area contributed by atoms with Gasteiger partial charge in [0.15, 0.2) is 6.10 Å². The van der Waals surface area contributed by atoms with Crippen LogP contribution in [0.2, 0.25) is 0 Å². The number of aliphatic carboxylic acids is 1. The van der Waals surface area contributed by atoms with Gasteiger partial charge in [-0.2, -0.15) is 0 Å². The molecule has 0 unspecified atom stereocenters. The zero-order valence-corrected chi connectivity index (χ0v) is 8.74. The molecule has 1 N–H and O–H groups in total. The summed E-state index contributed by atoms with van der Waals surface area (Å²) >= 11 is 0. The van der Waals surface area contributed by atoms with Gasteiger partial charge < -0.3 is 14.7 Å². The van der Waals surface area contributed by atoms with E-state index in [2.05, 4.69) is 4.90 Å². The predicted molar refractivity (Wildman–Crippen MR) is 53.3 cm³/mol. The van der Waals surface area contributed by atoms with Crippen LogP contribution in [0.4, 0.5) is 0 Å². The van der Waals surface area contributed by atoms with Crippen LogP contribution in [0.5, 0.6) is 0 Å². The Morgan fingerprint density at radius 3 is 2.71 bits per heavy atom. The quantitative estimate of drug-likeness (QED) is 0.650. The summed E-state index contributed by atoms with van der Waals surface area (Å²) in [6, 6.07) is 0. The molecule has 4 heteroatoms. The average Bonchev–Trinajstić information content (AvgIpc) is 2.64. The second kappa shape index (κ2) is 5.98. The highest BCUT2D eigenvalue weighted by Gasteiger charge is 2.12. The number of hydrogen-bond donors (Lipinski definition) is 1. The van der Waals surface area contributed by atoms with Crippen LogP contribution in [0.15, 0.2) is 0 Å². The standard InChI is InChI=1S/C10H19NO3/c1-9(10(12)13)14-8-4-7-11-5-2-3-6-11/h9H,2-8H2,1H3,(H,12,13)/t9-/m0/s1. The van der Waals surface area contributed by atoms with Crippen molar-refractivity contribution in [1.82, 2.24) is 4.90 Å². The number of carbonyl (C=O) groups is 1. The summed E-state index contributed by atoms with van der Waals surface area (Å²) in [5.74, 6) is -0.883. The van der Waals surface area contributed by atoms with Crippen LogP contribution in [0.1, 0.15) is 26.2 Å². The lowest BCUT2D eigenvalue weighted by Crippen LogP contribution is -2.24. The smallest absolute Gasteiger partial charge is 0.332 e. The van der Waals surface area contributed by atoms with Gasteiger partial charge in [-0.1, -0.05) is 0 Å². The van der Waals surface area contributed by atoms with Crippen molar-refractivity contribution >= 4 is 5.97 Å². The summed E-state index contributed by atoms with van der Waals surface area (Å²) in [4.78, 5) is 12.8. The SMILES string of the molecule is C[C@H](OCCCN1CCCC1)C(=O)O. The fourth-order valence-electron chi connectivity index (χ4n) is 1.63. The Morgan fingerprint density at radius 1 is 1.50 bits per heavy atom. The van der Waals surface area contributed by atoms with Crippen LogP contribution in [0.3, 0.4) is 0 Å². The first kappa shape index (κ1) is 11.5. The minimum Gasteiger partial charge on any atom is -0.479 e. The molecule has 1 aliphatic heterocycles. The summed E-state index contributed by atoms with van der Waals surface area (Å²) in [6.07, 6.45) is 2.85. The first-order valence-electron chi connectivity index (χ1n) is 5.27. The van der Waals surface area contributed by atoms with Crippen LogP contribution in [-0.2, 0) is 9.53 Å².